The fourth-order valence-corrected chi connectivity index (χ4v) is 3.78. The number of halogens is 4. The number of carbonyl (C=O) groups is 1. The normalized spacial score (nSPS) is 11.7. The summed E-state index contributed by atoms with van der Waals surface area (Å²) in [6.45, 7) is 2.10. The van der Waals surface area contributed by atoms with Gasteiger partial charge in [-0.25, -0.2) is 0 Å². The Morgan fingerprint density at radius 3 is 2.48 bits per heavy atom. The van der Waals surface area contributed by atoms with Gasteiger partial charge in [0.15, 0.2) is 0 Å². The van der Waals surface area contributed by atoms with E-state index in [-0.39, 0.29) is 24.0 Å². The molecule has 1 N–H and O–H groups in total. The van der Waals surface area contributed by atoms with Crippen LogP contribution >= 0.6 is 15.9 Å². The molecule has 0 unspecified atom stereocenters. The number of aromatic nitrogens is 1. The van der Waals surface area contributed by atoms with Gasteiger partial charge in [-0.05, 0) is 40.0 Å². The quantitative estimate of drug-likeness (QED) is 0.510. The van der Waals surface area contributed by atoms with Crippen molar-refractivity contribution < 1.29 is 22.7 Å². The molecule has 0 aliphatic rings. The second kappa shape index (κ2) is 8.49. The van der Waals surface area contributed by atoms with Crippen molar-refractivity contribution in [2.75, 3.05) is 13.7 Å². The molecule has 0 aliphatic heterocycles. The van der Waals surface area contributed by atoms with Crippen LogP contribution in [0.4, 0.5) is 13.2 Å². The largest absolute Gasteiger partial charge is 0.496 e. The number of nitrogens with one attached hydrogen (secondary N) is 1. The zero-order chi connectivity index (χ0) is 21.2. The van der Waals surface area contributed by atoms with Crippen molar-refractivity contribution in [2.24, 2.45) is 0 Å². The highest BCUT2D eigenvalue weighted by Gasteiger charge is 2.41. The summed E-state index contributed by atoms with van der Waals surface area (Å²) in [6, 6.07) is 11.9. The molecule has 154 valence electrons. The zero-order valence-corrected chi connectivity index (χ0v) is 17.5. The number of alkyl halides is 3. The summed E-state index contributed by atoms with van der Waals surface area (Å²) < 4.78 is 49.4. The monoisotopic (exact) mass is 468 g/mol. The van der Waals surface area contributed by atoms with Gasteiger partial charge >= 0.3 is 6.18 Å². The predicted octanol–water partition coefficient (Wildman–Crippen LogP) is 5.62. The summed E-state index contributed by atoms with van der Waals surface area (Å²) in [4.78, 5) is 12.8. The van der Waals surface area contributed by atoms with Gasteiger partial charge in [-0.2, -0.15) is 13.2 Å². The Balaban J connectivity index is 2.34. The number of nitrogens with zero attached hydrogens (tertiary/aromatic N) is 1. The number of carbonyl (C=O) groups excluding carboxylic acids is 1. The third kappa shape index (κ3) is 4.27. The van der Waals surface area contributed by atoms with E-state index in [1.807, 2.05) is 6.92 Å². The number of benzene rings is 2. The fourth-order valence-electron chi connectivity index (χ4n) is 3.29. The Hall–Kier alpha value is -2.48. The van der Waals surface area contributed by atoms with Crippen molar-refractivity contribution in [2.45, 2.75) is 26.1 Å². The molecule has 2 aromatic carbocycles. The lowest BCUT2D eigenvalue weighted by molar-refractivity contribution is -0.143. The van der Waals surface area contributed by atoms with Gasteiger partial charge in [-0.15, -0.1) is 0 Å². The van der Waals surface area contributed by atoms with Crippen LogP contribution in [-0.2, 0) is 12.7 Å². The molecule has 1 heterocycles. The zero-order valence-electron chi connectivity index (χ0n) is 15.9. The second-order valence-electron chi connectivity index (χ2n) is 6.55. The van der Waals surface area contributed by atoms with Crippen molar-refractivity contribution >= 4 is 32.7 Å². The number of amides is 1. The number of rotatable bonds is 6. The van der Waals surface area contributed by atoms with Crippen LogP contribution in [0.25, 0.3) is 10.9 Å². The Labute approximate surface area is 174 Å². The lowest BCUT2D eigenvalue weighted by Crippen LogP contribution is -2.27. The van der Waals surface area contributed by atoms with E-state index in [0.29, 0.717) is 27.7 Å². The molecular weight excluding hydrogens is 449 g/mol. The van der Waals surface area contributed by atoms with Crippen LogP contribution < -0.4 is 10.1 Å². The van der Waals surface area contributed by atoms with Crippen molar-refractivity contribution in [3.8, 4) is 5.75 Å². The Morgan fingerprint density at radius 1 is 1.21 bits per heavy atom. The lowest BCUT2D eigenvalue weighted by Gasteiger charge is -2.15. The Kier molecular flexibility index (Phi) is 6.21. The van der Waals surface area contributed by atoms with E-state index in [9.17, 15) is 18.0 Å². The highest BCUT2D eigenvalue weighted by Crippen LogP contribution is 2.41. The lowest BCUT2D eigenvalue weighted by atomic mass is 10.1. The van der Waals surface area contributed by atoms with Crippen molar-refractivity contribution in [3.05, 3.63) is 63.8 Å². The van der Waals surface area contributed by atoms with Gasteiger partial charge in [-0.3, -0.25) is 4.79 Å². The molecule has 4 nitrogen and oxygen atoms in total. The van der Waals surface area contributed by atoms with Crippen LogP contribution in [0.2, 0.25) is 0 Å². The Morgan fingerprint density at radius 2 is 1.90 bits per heavy atom. The van der Waals surface area contributed by atoms with Gasteiger partial charge in [-0.1, -0.05) is 37.3 Å². The van der Waals surface area contributed by atoms with Crippen LogP contribution in [0.3, 0.4) is 0 Å². The number of ether oxygens (including phenoxy) is 1. The first-order chi connectivity index (χ1) is 13.8. The average molecular weight is 469 g/mol. The third-order valence-corrected chi connectivity index (χ3v) is 5.17. The van der Waals surface area contributed by atoms with E-state index in [4.69, 9.17) is 4.74 Å². The summed E-state index contributed by atoms with van der Waals surface area (Å²) in [5, 5.41) is 2.77. The summed E-state index contributed by atoms with van der Waals surface area (Å²) in [6.07, 6.45) is -4.10. The maximum atomic E-state index is 14.2. The average Bonchev–Trinajstić information content (AvgIpc) is 2.99. The van der Waals surface area contributed by atoms with Crippen LogP contribution in [0, 0.1) is 0 Å². The molecule has 0 saturated heterocycles. The maximum Gasteiger partial charge on any atom is 0.432 e. The molecule has 3 aromatic rings. The first kappa shape index (κ1) is 21.2. The third-order valence-electron chi connectivity index (χ3n) is 4.55. The molecule has 0 atom stereocenters. The number of hydrogen-bond acceptors (Lipinski definition) is 2. The molecule has 1 amide bonds. The van der Waals surface area contributed by atoms with E-state index in [1.165, 1.54) is 13.2 Å². The molecule has 0 fully saturated rings. The highest BCUT2D eigenvalue weighted by molar-refractivity contribution is 9.10. The first-order valence-corrected chi connectivity index (χ1v) is 9.86. The van der Waals surface area contributed by atoms with Crippen LogP contribution in [0.1, 0.15) is 35.0 Å². The molecular formula is C21H20BrF3N2O2. The van der Waals surface area contributed by atoms with Gasteiger partial charge in [0, 0.05) is 18.5 Å². The van der Waals surface area contributed by atoms with E-state index >= 15 is 0 Å². The van der Waals surface area contributed by atoms with Gasteiger partial charge in [0.1, 0.15) is 11.4 Å². The fraction of sp³-hybridized carbons (Fsp3) is 0.286. The summed E-state index contributed by atoms with van der Waals surface area (Å²) in [5.74, 6) is -0.395. The van der Waals surface area contributed by atoms with Gasteiger partial charge in [0.2, 0.25) is 0 Å². The molecule has 3 rings (SSSR count). The van der Waals surface area contributed by atoms with Gasteiger partial charge in [0.05, 0.1) is 22.7 Å². The van der Waals surface area contributed by atoms with Crippen molar-refractivity contribution in [1.82, 2.24) is 9.88 Å². The predicted molar refractivity (Wildman–Crippen MR) is 109 cm³/mol. The minimum Gasteiger partial charge on any atom is -0.496 e. The van der Waals surface area contributed by atoms with Crippen molar-refractivity contribution in [1.29, 1.82) is 0 Å². The van der Waals surface area contributed by atoms with Crippen LogP contribution in [0.15, 0.2) is 46.9 Å². The number of methoxy groups -OCH3 is 1. The van der Waals surface area contributed by atoms with Crippen molar-refractivity contribution in [3.63, 3.8) is 0 Å². The molecule has 0 bridgehead atoms. The van der Waals surface area contributed by atoms with Crippen LogP contribution in [0.5, 0.6) is 5.75 Å². The summed E-state index contributed by atoms with van der Waals surface area (Å²) in [7, 11) is 1.42. The van der Waals surface area contributed by atoms with E-state index in [1.54, 1.807) is 36.4 Å². The molecule has 1 aromatic heterocycles. The molecule has 0 radical (unpaired) electrons. The highest BCUT2D eigenvalue weighted by atomic mass is 79.9. The molecule has 29 heavy (non-hydrogen) atoms. The van der Waals surface area contributed by atoms with E-state index in [2.05, 4.69) is 21.2 Å². The number of fused-ring (bicyclic) bond motifs is 1. The molecule has 8 heteroatoms. The smallest absolute Gasteiger partial charge is 0.432 e. The maximum absolute atomic E-state index is 14.2. The van der Waals surface area contributed by atoms with Crippen LogP contribution in [-0.4, -0.2) is 24.1 Å². The minimum absolute atomic E-state index is 0.0218. The van der Waals surface area contributed by atoms with E-state index in [0.717, 1.165) is 4.57 Å². The molecule has 0 saturated carbocycles. The Bertz CT molecular complexity index is 1030. The first-order valence-electron chi connectivity index (χ1n) is 9.07. The molecule has 0 spiro atoms. The second-order valence-corrected chi connectivity index (χ2v) is 7.41. The van der Waals surface area contributed by atoms with Gasteiger partial charge < -0.3 is 14.6 Å². The summed E-state index contributed by atoms with van der Waals surface area (Å²) >= 11 is 3.34. The minimum atomic E-state index is -4.72. The topological polar surface area (TPSA) is 43.3 Å². The standard InChI is InChI=1S/C21H20BrF3N2O2/c1-3-9-26-20(28)18-14-10-17(29-2)15(22)11-16(14)27(19(18)21(23,24)25)12-13-7-5-4-6-8-13/h4-8,10-11H,3,9,12H2,1-2H3,(H,26,28). The molecule has 0 aliphatic carbocycles. The SMILES string of the molecule is CCCNC(=O)c1c(C(F)(F)F)n(Cc2ccccc2)c2cc(Br)c(OC)cc12. The van der Waals surface area contributed by atoms with E-state index < -0.39 is 17.8 Å². The number of hydrogen-bond donors (Lipinski definition) is 1. The summed E-state index contributed by atoms with van der Waals surface area (Å²) in [5.41, 5.74) is -0.356. The van der Waals surface area contributed by atoms with Gasteiger partial charge in [0.25, 0.3) is 5.91 Å².